The molecule has 106 valence electrons. The Balaban J connectivity index is 1.93. The number of benzene rings is 1. The molecule has 1 N–H and O–H groups in total. The van der Waals surface area contributed by atoms with Crippen molar-refractivity contribution >= 4 is 11.3 Å². The maximum atomic E-state index is 4.87. The maximum Gasteiger partial charge on any atom is 0.123 e. The van der Waals surface area contributed by atoms with Crippen LogP contribution in [-0.4, -0.2) is 12.0 Å². The minimum absolute atomic E-state index is 0.500. The van der Waals surface area contributed by atoms with Crippen molar-refractivity contribution in [1.29, 1.82) is 0 Å². The highest BCUT2D eigenvalue weighted by atomic mass is 32.1. The van der Waals surface area contributed by atoms with Gasteiger partial charge in [-0.2, -0.15) is 0 Å². The van der Waals surface area contributed by atoms with Gasteiger partial charge in [-0.05, 0) is 37.8 Å². The first-order valence-electron chi connectivity index (χ1n) is 7.46. The average molecular weight is 286 g/mol. The minimum atomic E-state index is 0.500. The lowest BCUT2D eigenvalue weighted by atomic mass is 9.98. The van der Waals surface area contributed by atoms with Crippen molar-refractivity contribution in [2.45, 2.75) is 45.1 Å². The Morgan fingerprint density at radius 1 is 1.25 bits per heavy atom. The molecule has 0 amide bonds. The van der Waals surface area contributed by atoms with Crippen molar-refractivity contribution < 1.29 is 0 Å². The molecule has 1 aromatic carbocycles. The van der Waals surface area contributed by atoms with Crippen LogP contribution in [0.15, 0.2) is 24.3 Å². The largest absolute Gasteiger partial charge is 0.312 e. The van der Waals surface area contributed by atoms with Gasteiger partial charge < -0.3 is 5.32 Å². The minimum Gasteiger partial charge on any atom is -0.312 e. The predicted molar refractivity (Wildman–Crippen MR) is 86.4 cm³/mol. The molecule has 0 bridgehead atoms. The molecule has 0 fully saturated rings. The van der Waals surface area contributed by atoms with Crippen LogP contribution in [0.3, 0.4) is 0 Å². The first-order valence-corrected chi connectivity index (χ1v) is 8.28. The zero-order chi connectivity index (χ0) is 14.1. The zero-order valence-electron chi connectivity index (χ0n) is 12.4. The quantitative estimate of drug-likeness (QED) is 0.896. The summed E-state index contributed by atoms with van der Waals surface area (Å²) in [6.45, 7) is 4.46. The Hall–Kier alpha value is -1.19. The van der Waals surface area contributed by atoms with E-state index >= 15 is 0 Å². The Morgan fingerprint density at radius 2 is 2.00 bits per heavy atom. The zero-order valence-corrected chi connectivity index (χ0v) is 13.3. The normalized spacial score (nSPS) is 18.3. The number of hydrogen-bond acceptors (Lipinski definition) is 3. The number of aromatic nitrogens is 1. The fraction of sp³-hybridized carbons (Fsp3) is 0.471. The number of nitrogens with one attached hydrogen (secondary N) is 1. The Labute approximate surface area is 125 Å². The van der Waals surface area contributed by atoms with Crippen LogP contribution in [0.5, 0.6) is 0 Å². The molecule has 0 aliphatic heterocycles. The predicted octanol–water partition coefficient (Wildman–Crippen LogP) is 4.53. The summed E-state index contributed by atoms with van der Waals surface area (Å²) in [5.74, 6) is 0.585. The van der Waals surface area contributed by atoms with Crippen LogP contribution < -0.4 is 5.32 Å². The highest BCUT2D eigenvalue weighted by Gasteiger charge is 2.23. The molecule has 1 atom stereocenters. The molecule has 1 aromatic heterocycles. The van der Waals surface area contributed by atoms with Gasteiger partial charge >= 0.3 is 0 Å². The van der Waals surface area contributed by atoms with Gasteiger partial charge in [0.25, 0.3) is 0 Å². The van der Waals surface area contributed by atoms with E-state index in [0.29, 0.717) is 12.0 Å². The van der Waals surface area contributed by atoms with E-state index in [1.54, 1.807) is 0 Å². The van der Waals surface area contributed by atoms with E-state index in [4.69, 9.17) is 4.98 Å². The summed E-state index contributed by atoms with van der Waals surface area (Å²) in [5, 5.41) is 4.59. The molecule has 20 heavy (non-hydrogen) atoms. The van der Waals surface area contributed by atoms with Gasteiger partial charge in [-0.15, -0.1) is 11.3 Å². The molecular formula is C17H22N2S. The lowest BCUT2D eigenvalue weighted by molar-refractivity contribution is 0.501. The van der Waals surface area contributed by atoms with E-state index in [9.17, 15) is 0 Å². The summed E-state index contributed by atoms with van der Waals surface area (Å²) in [6.07, 6.45) is 3.61. The fourth-order valence-electron chi connectivity index (χ4n) is 2.83. The van der Waals surface area contributed by atoms with Crippen molar-refractivity contribution in [2.75, 3.05) is 7.05 Å². The molecular weight excluding hydrogens is 264 g/mol. The van der Waals surface area contributed by atoms with Gasteiger partial charge in [0.15, 0.2) is 0 Å². The highest BCUT2D eigenvalue weighted by molar-refractivity contribution is 7.15. The van der Waals surface area contributed by atoms with Crippen LogP contribution in [0.4, 0.5) is 0 Å². The average Bonchev–Trinajstić information content (AvgIpc) is 2.91. The maximum absolute atomic E-state index is 4.87. The first-order chi connectivity index (χ1) is 9.69. The topological polar surface area (TPSA) is 24.9 Å². The van der Waals surface area contributed by atoms with Gasteiger partial charge in [0, 0.05) is 16.5 Å². The standard InChI is InChI=1S/C17H22N2S/c1-11(2)12-7-9-13(10-8-12)17-19-15-6-4-5-14(18-3)16(15)20-17/h7-11,14,18H,4-6H2,1-3H3. The van der Waals surface area contributed by atoms with E-state index < -0.39 is 0 Å². The highest BCUT2D eigenvalue weighted by Crippen LogP contribution is 2.37. The molecule has 0 saturated carbocycles. The van der Waals surface area contributed by atoms with Crippen molar-refractivity contribution in [2.24, 2.45) is 0 Å². The van der Waals surface area contributed by atoms with Crippen LogP contribution in [0.25, 0.3) is 10.6 Å². The van der Waals surface area contributed by atoms with Gasteiger partial charge in [0.1, 0.15) is 5.01 Å². The second-order valence-corrected chi connectivity index (χ2v) is 6.87. The van der Waals surface area contributed by atoms with Crippen LogP contribution in [-0.2, 0) is 6.42 Å². The fourth-order valence-corrected chi connectivity index (χ4v) is 4.09. The Bertz CT molecular complexity index is 584. The summed E-state index contributed by atoms with van der Waals surface area (Å²) >= 11 is 1.86. The molecule has 2 aromatic rings. The van der Waals surface area contributed by atoms with Crippen LogP contribution in [0.2, 0.25) is 0 Å². The van der Waals surface area contributed by atoms with Crippen molar-refractivity contribution in [3.05, 3.63) is 40.4 Å². The van der Waals surface area contributed by atoms with Crippen molar-refractivity contribution in [3.8, 4) is 10.6 Å². The van der Waals surface area contributed by atoms with Gasteiger partial charge in [0.2, 0.25) is 0 Å². The SMILES string of the molecule is CNC1CCCc2nc(-c3ccc(C(C)C)cc3)sc21. The summed E-state index contributed by atoms with van der Waals surface area (Å²) in [6, 6.07) is 9.40. The summed E-state index contributed by atoms with van der Waals surface area (Å²) in [5.41, 5.74) is 3.95. The molecule has 1 unspecified atom stereocenters. The summed E-state index contributed by atoms with van der Waals surface area (Å²) < 4.78 is 0. The number of nitrogens with zero attached hydrogens (tertiary/aromatic N) is 1. The molecule has 2 nitrogen and oxygen atoms in total. The molecule has 3 heteroatoms. The van der Waals surface area contributed by atoms with Gasteiger partial charge in [-0.25, -0.2) is 4.98 Å². The second-order valence-electron chi connectivity index (χ2n) is 5.84. The van der Waals surface area contributed by atoms with E-state index in [0.717, 1.165) is 6.42 Å². The third-order valence-electron chi connectivity index (χ3n) is 4.12. The van der Waals surface area contributed by atoms with Crippen LogP contribution in [0.1, 0.15) is 54.8 Å². The molecule has 0 radical (unpaired) electrons. The Morgan fingerprint density at radius 3 is 2.65 bits per heavy atom. The third-order valence-corrected chi connectivity index (χ3v) is 5.38. The van der Waals surface area contributed by atoms with Gasteiger partial charge in [-0.3, -0.25) is 0 Å². The van der Waals surface area contributed by atoms with Crippen LogP contribution >= 0.6 is 11.3 Å². The molecule has 1 aliphatic rings. The summed E-state index contributed by atoms with van der Waals surface area (Å²) in [4.78, 5) is 6.32. The molecule has 1 heterocycles. The van der Waals surface area contributed by atoms with E-state index in [-0.39, 0.29) is 0 Å². The molecule has 3 rings (SSSR count). The molecule has 0 spiro atoms. The second kappa shape index (κ2) is 5.66. The first kappa shape index (κ1) is 13.8. The number of aryl methyl sites for hydroxylation is 1. The lowest BCUT2D eigenvalue weighted by Gasteiger charge is -2.19. The van der Waals surface area contributed by atoms with Crippen molar-refractivity contribution in [1.82, 2.24) is 10.3 Å². The lowest BCUT2D eigenvalue weighted by Crippen LogP contribution is -2.19. The van der Waals surface area contributed by atoms with E-state index in [1.165, 1.54) is 39.5 Å². The Kier molecular flexibility index (Phi) is 3.90. The van der Waals surface area contributed by atoms with E-state index in [1.807, 2.05) is 11.3 Å². The smallest absolute Gasteiger partial charge is 0.123 e. The van der Waals surface area contributed by atoms with E-state index in [2.05, 4.69) is 50.5 Å². The number of thiazole rings is 1. The number of hydrogen-bond donors (Lipinski definition) is 1. The number of fused-ring (bicyclic) bond motifs is 1. The monoisotopic (exact) mass is 286 g/mol. The summed E-state index contributed by atoms with van der Waals surface area (Å²) in [7, 11) is 2.05. The van der Waals surface area contributed by atoms with Gasteiger partial charge in [-0.1, -0.05) is 38.1 Å². The van der Waals surface area contributed by atoms with Crippen molar-refractivity contribution in [3.63, 3.8) is 0 Å². The molecule has 0 saturated heterocycles. The number of rotatable bonds is 3. The van der Waals surface area contributed by atoms with Crippen LogP contribution in [0, 0.1) is 0 Å². The third kappa shape index (κ3) is 2.52. The van der Waals surface area contributed by atoms with Gasteiger partial charge in [0.05, 0.1) is 5.69 Å². The molecule has 1 aliphatic carbocycles.